The van der Waals surface area contributed by atoms with E-state index in [0.29, 0.717) is 12.3 Å². The third kappa shape index (κ3) is 2.48. The summed E-state index contributed by atoms with van der Waals surface area (Å²) in [7, 11) is 0. The number of ether oxygens (including phenoxy) is 1. The summed E-state index contributed by atoms with van der Waals surface area (Å²) in [6, 6.07) is 5.95. The van der Waals surface area contributed by atoms with E-state index in [1.54, 1.807) is 0 Å². The van der Waals surface area contributed by atoms with Gasteiger partial charge in [0.1, 0.15) is 18.2 Å². The molecule has 0 spiro atoms. The monoisotopic (exact) mass is 272 g/mol. The quantitative estimate of drug-likeness (QED) is 0.868. The van der Waals surface area contributed by atoms with Gasteiger partial charge in [0.2, 0.25) is 0 Å². The summed E-state index contributed by atoms with van der Waals surface area (Å²) in [6.07, 6.45) is 4.37. The Hall–Kier alpha value is -2.04. The topological polar surface area (TPSA) is 66.0 Å². The highest BCUT2D eigenvalue weighted by molar-refractivity contribution is 5.54. The van der Waals surface area contributed by atoms with Crippen molar-refractivity contribution in [3.8, 4) is 5.75 Å². The number of hydrogen-bond acceptors (Lipinski definition) is 4. The second-order valence-corrected chi connectivity index (χ2v) is 5.16. The van der Waals surface area contributed by atoms with E-state index in [0.717, 1.165) is 36.8 Å². The van der Waals surface area contributed by atoms with Crippen LogP contribution in [0.4, 0.5) is 5.69 Å². The highest BCUT2D eigenvalue weighted by Gasteiger charge is 2.16. The third-order valence-corrected chi connectivity index (χ3v) is 3.78. The number of aryl methyl sites for hydroxylation is 2. The number of aromatic nitrogens is 3. The minimum absolute atomic E-state index is 0.419. The van der Waals surface area contributed by atoms with Crippen LogP contribution in [0.2, 0.25) is 0 Å². The Morgan fingerprint density at radius 2 is 2.20 bits per heavy atom. The molecule has 0 amide bonds. The van der Waals surface area contributed by atoms with Gasteiger partial charge in [-0.2, -0.15) is 0 Å². The smallest absolute Gasteiger partial charge is 0.171 e. The Balaban J connectivity index is 1.72. The summed E-state index contributed by atoms with van der Waals surface area (Å²) < 4.78 is 7.97. The van der Waals surface area contributed by atoms with Gasteiger partial charge in [-0.25, -0.2) is 0 Å². The minimum atomic E-state index is 0.419. The molecule has 0 atom stereocenters. The fourth-order valence-electron chi connectivity index (χ4n) is 2.57. The molecule has 2 aromatic rings. The maximum atomic E-state index is 6.01. The first-order chi connectivity index (χ1) is 9.78. The van der Waals surface area contributed by atoms with Crippen LogP contribution in [0.15, 0.2) is 18.2 Å². The van der Waals surface area contributed by atoms with E-state index in [2.05, 4.69) is 21.7 Å². The van der Waals surface area contributed by atoms with Crippen molar-refractivity contribution >= 4 is 5.69 Å². The van der Waals surface area contributed by atoms with Crippen molar-refractivity contribution < 1.29 is 4.74 Å². The van der Waals surface area contributed by atoms with Crippen LogP contribution >= 0.6 is 0 Å². The minimum Gasteiger partial charge on any atom is -0.483 e. The summed E-state index contributed by atoms with van der Waals surface area (Å²) >= 11 is 0. The average molecular weight is 272 g/mol. The van der Waals surface area contributed by atoms with E-state index in [9.17, 15) is 0 Å². The molecule has 0 fully saturated rings. The molecule has 1 aromatic heterocycles. The van der Waals surface area contributed by atoms with Gasteiger partial charge >= 0.3 is 0 Å². The summed E-state index contributed by atoms with van der Waals surface area (Å²) in [5.74, 6) is 2.68. The third-order valence-electron chi connectivity index (χ3n) is 3.78. The highest BCUT2D eigenvalue weighted by Crippen LogP contribution is 2.24. The number of hydrogen-bond donors (Lipinski definition) is 1. The molecule has 0 unspecified atom stereocenters. The SMILES string of the molecule is CCc1ccc(OCc2nnc3n2CCCC3)c(N)c1. The molecule has 1 aliphatic rings. The molecule has 0 saturated heterocycles. The number of anilines is 1. The Labute approximate surface area is 118 Å². The zero-order valence-electron chi connectivity index (χ0n) is 11.8. The van der Waals surface area contributed by atoms with Gasteiger partial charge in [-0.05, 0) is 37.0 Å². The number of benzene rings is 1. The normalized spacial score (nSPS) is 14.1. The van der Waals surface area contributed by atoms with Gasteiger partial charge in [0.25, 0.3) is 0 Å². The number of nitrogens with zero attached hydrogens (tertiary/aromatic N) is 3. The van der Waals surface area contributed by atoms with Crippen molar-refractivity contribution in [2.45, 2.75) is 45.8 Å². The predicted octanol–water partition coefficient (Wildman–Crippen LogP) is 2.34. The van der Waals surface area contributed by atoms with Gasteiger partial charge in [0.15, 0.2) is 5.82 Å². The molecule has 5 heteroatoms. The summed E-state index contributed by atoms with van der Waals surface area (Å²) in [6.45, 7) is 3.52. The van der Waals surface area contributed by atoms with E-state index in [1.807, 2.05) is 18.2 Å². The molecule has 5 nitrogen and oxygen atoms in total. The van der Waals surface area contributed by atoms with Crippen molar-refractivity contribution in [3.05, 3.63) is 35.4 Å². The lowest BCUT2D eigenvalue weighted by Crippen LogP contribution is -2.14. The van der Waals surface area contributed by atoms with Crippen LogP contribution in [-0.4, -0.2) is 14.8 Å². The fraction of sp³-hybridized carbons (Fsp3) is 0.467. The summed E-state index contributed by atoms with van der Waals surface area (Å²) in [5, 5.41) is 8.44. The Bertz CT molecular complexity index is 606. The number of rotatable bonds is 4. The van der Waals surface area contributed by atoms with Crippen LogP contribution < -0.4 is 10.5 Å². The second-order valence-electron chi connectivity index (χ2n) is 5.16. The second kappa shape index (κ2) is 5.53. The zero-order valence-corrected chi connectivity index (χ0v) is 11.8. The average Bonchev–Trinajstić information content (AvgIpc) is 2.89. The number of fused-ring (bicyclic) bond motifs is 1. The molecule has 1 aliphatic heterocycles. The molecule has 2 N–H and O–H groups in total. The molecule has 0 bridgehead atoms. The molecular formula is C15H20N4O. The summed E-state index contributed by atoms with van der Waals surface area (Å²) in [4.78, 5) is 0. The largest absolute Gasteiger partial charge is 0.483 e. The van der Waals surface area contributed by atoms with Crippen molar-refractivity contribution in [1.29, 1.82) is 0 Å². The molecule has 3 rings (SSSR count). The molecule has 106 valence electrons. The molecule has 0 radical (unpaired) electrons. The van der Waals surface area contributed by atoms with E-state index >= 15 is 0 Å². The van der Waals surface area contributed by atoms with Crippen LogP contribution in [0.3, 0.4) is 0 Å². The van der Waals surface area contributed by atoms with Crippen molar-refractivity contribution in [1.82, 2.24) is 14.8 Å². The summed E-state index contributed by atoms with van der Waals surface area (Å²) in [5.41, 5.74) is 7.91. The van der Waals surface area contributed by atoms with Crippen LogP contribution in [-0.2, 0) is 26.0 Å². The Morgan fingerprint density at radius 3 is 3.00 bits per heavy atom. The Kier molecular flexibility index (Phi) is 3.58. The fourth-order valence-corrected chi connectivity index (χ4v) is 2.57. The zero-order chi connectivity index (χ0) is 13.9. The molecule has 2 heterocycles. The van der Waals surface area contributed by atoms with Crippen LogP contribution in [0.5, 0.6) is 5.75 Å². The first-order valence-corrected chi connectivity index (χ1v) is 7.20. The van der Waals surface area contributed by atoms with Crippen LogP contribution in [0.25, 0.3) is 0 Å². The van der Waals surface area contributed by atoms with E-state index in [1.165, 1.54) is 18.4 Å². The molecule has 1 aromatic carbocycles. The lowest BCUT2D eigenvalue weighted by atomic mass is 10.1. The Morgan fingerprint density at radius 1 is 1.30 bits per heavy atom. The molecule has 0 aliphatic carbocycles. The van der Waals surface area contributed by atoms with Gasteiger partial charge in [-0.15, -0.1) is 10.2 Å². The van der Waals surface area contributed by atoms with Crippen LogP contribution in [0, 0.1) is 0 Å². The maximum absolute atomic E-state index is 6.01. The number of nitrogens with two attached hydrogens (primary N) is 1. The van der Waals surface area contributed by atoms with Gasteiger partial charge < -0.3 is 15.0 Å². The maximum Gasteiger partial charge on any atom is 0.171 e. The van der Waals surface area contributed by atoms with E-state index in [-0.39, 0.29) is 0 Å². The molecule has 0 saturated carbocycles. The van der Waals surface area contributed by atoms with Crippen LogP contribution in [0.1, 0.15) is 37.0 Å². The van der Waals surface area contributed by atoms with Gasteiger partial charge in [-0.3, -0.25) is 0 Å². The van der Waals surface area contributed by atoms with E-state index in [4.69, 9.17) is 10.5 Å². The standard InChI is InChI=1S/C15H20N4O/c1-2-11-6-7-13(12(16)9-11)20-10-15-18-17-14-5-3-4-8-19(14)15/h6-7,9H,2-5,8,10,16H2,1H3. The lowest BCUT2D eigenvalue weighted by Gasteiger charge is -2.15. The predicted molar refractivity (Wildman–Crippen MR) is 77.5 cm³/mol. The highest BCUT2D eigenvalue weighted by atomic mass is 16.5. The first kappa shape index (κ1) is 13.0. The van der Waals surface area contributed by atoms with Gasteiger partial charge in [-0.1, -0.05) is 13.0 Å². The van der Waals surface area contributed by atoms with Crippen molar-refractivity contribution in [2.75, 3.05) is 5.73 Å². The molecule has 20 heavy (non-hydrogen) atoms. The lowest BCUT2D eigenvalue weighted by molar-refractivity contribution is 0.287. The van der Waals surface area contributed by atoms with E-state index < -0.39 is 0 Å². The molecular weight excluding hydrogens is 252 g/mol. The van der Waals surface area contributed by atoms with Gasteiger partial charge in [0.05, 0.1) is 5.69 Å². The van der Waals surface area contributed by atoms with Gasteiger partial charge in [0, 0.05) is 13.0 Å². The van der Waals surface area contributed by atoms with Crippen molar-refractivity contribution in [3.63, 3.8) is 0 Å². The van der Waals surface area contributed by atoms with Crippen molar-refractivity contribution in [2.24, 2.45) is 0 Å². The first-order valence-electron chi connectivity index (χ1n) is 7.20. The number of nitrogen functional groups attached to an aromatic ring is 1.